The summed E-state index contributed by atoms with van der Waals surface area (Å²) < 4.78 is 0. The standard InChI is InChI=1S/C26H27N3OS/c1-26(2,3)20-11-9-19(10-12-20)24(30)28-25-22(15-27)21-13-14-29(17-23(21)31-25)16-18-7-5-4-6-8-18/h4-12H,13-14,16-17H2,1-3H3,(H,28,30). The lowest BCUT2D eigenvalue weighted by Crippen LogP contribution is -2.29. The number of nitrogens with zero attached hydrogens (tertiary/aromatic N) is 2. The molecule has 0 radical (unpaired) electrons. The summed E-state index contributed by atoms with van der Waals surface area (Å²) in [5.41, 5.74) is 4.84. The third-order valence-electron chi connectivity index (χ3n) is 5.74. The molecule has 31 heavy (non-hydrogen) atoms. The van der Waals surface area contributed by atoms with Crippen molar-refractivity contribution < 1.29 is 4.79 Å². The van der Waals surface area contributed by atoms with Crippen LogP contribution in [0.1, 0.15) is 58.3 Å². The number of anilines is 1. The number of nitriles is 1. The Morgan fingerprint density at radius 2 is 1.84 bits per heavy atom. The highest BCUT2D eigenvalue weighted by molar-refractivity contribution is 7.16. The molecule has 1 amide bonds. The zero-order chi connectivity index (χ0) is 22.0. The molecule has 0 unspecified atom stereocenters. The summed E-state index contributed by atoms with van der Waals surface area (Å²) >= 11 is 1.54. The van der Waals surface area contributed by atoms with E-state index in [0.29, 0.717) is 16.1 Å². The Bertz CT molecular complexity index is 1120. The quantitative estimate of drug-likeness (QED) is 0.576. The van der Waals surface area contributed by atoms with Gasteiger partial charge >= 0.3 is 0 Å². The Labute approximate surface area is 188 Å². The molecule has 0 bridgehead atoms. The Balaban J connectivity index is 1.50. The SMILES string of the molecule is CC(C)(C)c1ccc(C(=O)Nc2sc3c(c2C#N)CCN(Cc2ccccc2)C3)cc1. The number of hydrogen-bond donors (Lipinski definition) is 1. The van der Waals surface area contributed by atoms with Crippen molar-refractivity contribution in [1.29, 1.82) is 5.26 Å². The molecule has 0 saturated heterocycles. The molecular formula is C26H27N3OS. The lowest BCUT2D eigenvalue weighted by Gasteiger charge is -2.26. The summed E-state index contributed by atoms with van der Waals surface area (Å²) in [6, 6.07) is 20.5. The van der Waals surface area contributed by atoms with Gasteiger partial charge in [0, 0.05) is 30.1 Å². The maximum atomic E-state index is 12.8. The topological polar surface area (TPSA) is 56.1 Å². The summed E-state index contributed by atoms with van der Waals surface area (Å²) in [5.74, 6) is -0.170. The Morgan fingerprint density at radius 1 is 1.13 bits per heavy atom. The highest BCUT2D eigenvalue weighted by Gasteiger charge is 2.25. The molecule has 0 fully saturated rings. The average molecular weight is 430 g/mol. The maximum absolute atomic E-state index is 12.8. The monoisotopic (exact) mass is 429 g/mol. The van der Waals surface area contributed by atoms with Crippen molar-refractivity contribution in [3.8, 4) is 6.07 Å². The number of amides is 1. The molecule has 4 nitrogen and oxygen atoms in total. The van der Waals surface area contributed by atoms with Crippen LogP contribution in [0.2, 0.25) is 0 Å². The zero-order valence-electron chi connectivity index (χ0n) is 18.2. The molecule has 1 N–H and O–H groups in total. The van der Waals surface area contributed by atoms with Crippen molar-refractivity contribution in [2.24, 2.45) is 0 Å². The molecule has 1 aliphatic rings. The second-order valence-electron chi connectivity index (χ2n) is 9.05. The smallest absolute Gasteiger partial charge is 0.256 e. The summed E-state index contributed by atoms with van der Waals surface area (Å²) in [6.07, 6.45) is 0.831. The Morgan fingerprint density at radius 3 is 2.48 bits per heavy atom. The molecule has 0 saturated carbocycles. The first-order valence-electron chi connectivity index (χ1n) is 10.6. The fourth-order valence-corrected chi connectivity index (χ4v) is 5.17. The van der Waals surface area contributed by atoms with Gasteiger partial charge in [0.2, 0.25) is 0 Å². The largest absolute Gasteiger partial charge is 0.312 e. The average Bonchev–Trinajstić information content (AvgIpc) is 3.10. The van der Waals surface area contributed by atoms with E-state index in [2.05, 4.69) is 61.3 Å². The van der Waals surface area contributed by atoms with Gasteiger partial charge in [0.25, 0.3) is 5.91 Å². The molecule has 5 heteroatoms. The highest BCUT2D eigenvalue weighted by atomic mass is 32.1. The maximum Gasteiger partial charge on any atom is 0.256 e. The van der Waals surface area contributed by atoms with Crippen LogP contribution in [0.5, 0.6) is 0 Å². The second kappa shape index (κ2) is 8.66. The molecule has 3 aromatic rings. The molecule has 2 heterocycles. The summed E-state index contributed by atoms with van der Waals surface area (Å²) in [6.45, 7) is 9.06. The normalized spacial score (nSPS) is 14.0. The van der Waals surface area contributed by atoms with E-state index in [-0.39, 0.29) is 11.3 Å². The molecule has 4 rings (SSSR count). The summed E-state index contributed by atoms with van der Waals surface area (Å²) in [5, 5.41) is 13.4. The second-order valence-corrected chi connectivity index (χ2v) is 10.2. The van der Waals surface area contributed by atoms with E-state index in [4.69, 9.17) is 0 Å². The van der Waals surface area contributed by atoms with Crippen molar-refractivity contribution in [3.63, 3.8) is 0 Å². The van der Waals surface area contributed by atoms with E-state index < -0.39 is 0 Å². The predicted octanol–water partition coefficient (Wildman–Crippen LogP) is 5.73. The van der Waals surface area contributed by atoms with Crippen LogP contribution in [0.3, 0.4) is 0 Å². The van der Waals surface area contributed by atoms with Gasteiger partial charge in [-0.3, -0.25) is 9.69 Å². The van der Waals surface area contributed by atoms with Crippen molar-refractivity contribution in [3.05, 3.63) is 87.3 Å². The van der Waals surface area contributed by atoms with Crippen LogP contribution in [0.25, 0.3) is 0 Å². The summed E-state index contributed by atoms with van der Waals surface area (Å²) in [7, 11) is 0. The van der Waals surface area contributed by atoms with Gasteiger partial charge in [0.15, 0.2) is 0 Å². The fourth-order valence-electron chi connectivity index (χ4n) is 3.94. The number of rotatable bonds is 4. The molecule has 1 aliphatic heterocycles. The molecular weight excluding hydrogens is 402 g/mol. The number of carbonyl (C=O) groups excluding carboxylic acids is 1. The van der Waals surface area contributed by atoms with E-state index in [0.717, 1.165) is 31.6 Å². The van der Waals surface area contributed by atoms with Crippen LogP contribution in [-0.2, 0) is 24.9 Å². The van der Waals surface area contributed by atoms with Crippen LogP contribution in [0, 0.1) is 11.3 Å². The van der Waals surface area contributed by atoms with E-state index in [1.807, 2.05) is 30.3 Å². The van der Waals surface area contributed by atoms with Gasteiger partial charge < -0.3 is 5.32 Å². The number of carbonyl (C=O) groups is 1. The van der Waals surface area contributed by atoms with Crippen LogP contribution in [0.4, 0.5) is 5.00 Å². The van der Waals surface area contributed by atoms with E-state index in [1.54, 1.807) is 0 Å². The minimum atomic E-state index is -0.170. The fraction of sp³-hybridized carbons (Fsp3) is 0.308. The lowest BCUT2D eigenvalue weighted by molar-refractivity contribution is 0.102. The predicted molar refractivity (Wildman–Crippen MR) is 126 cm³/mol. The molecule has 0 spiro atoms. The Hall–Kier alpha value is -2.94. The number of nitrogens with one attached hydrogen (secondary N) is 1. The molecule has 2 aromatic carbocycles. The van der Waals surface area contributed by atoms with Crippen molar-refractivity contribution in [2.75, 3.05) is 11.9 Å². The molecule has 1 aromatic heterocycles. The van der Waals surface area contributed by atoms with Crippen LogP contribution in [-0.4, -0.2) is 17.4 Å². The van der Waals surface area contributed by atoms with Crippen LogP contribution in [0.15, 0.2) is 54.6 Å². The highest BCUT2D eigenvalue weighted by Crippen LogP contribution is 2.37. The van der Waals surface area contributed by atoms with Gasteiger partial charge in [-0.25, -0.2) is 0 Å². The molecule has 0 aliphatic carbocycles. The minimum absolute atomic E-state index is 0.0431. The van der Waals surface area contributed by atoms with Gasteiger partial charge in [0.1, 0.15) is 11.1 Å². The van der Waals surface area contributed by atoms with Crippen molar-refractivity contribution in [2.45, 2.75) is 45.7 Å². The Kier molecular flexibility index (Phi) is 5.95. The number of hydrogen-bond acceptors (Lipinski definition) is 4. The lowest BCUT2D eigenvalue weighted by atomic mass is 9.87. The number of thiophene rings is 1. The van der Waals surface area contributed by atoms with Gasteiger partial charge in [-0.15, -0.1) is 11.3 Å². The van der Waals surface area contributed by atoms with Crippen LogP contribution >= 0.6 is 11.3 Å². The van der Waals surface area contributed by atoms with Crippen LogP contribution < -0.4 is 5.32 Å². The third-order valence-corrected chi connectivity index (χ3v) is 6.87. The van der Waals surface area contributed by atoms with Gasteiger partial charge in [-0.05, 0) is 40.7 Å². The van der Waals surface area contributed by atoms with E-state index in [9.17, 15) is 10.1 Å². The first-order valence-corrected chi connectivity index (χ1v) is 11.4. The van der Waals surface area contributed by atoms with Gasteiger partial charge in [-0.2, -0.15) is 5.26 Å². The zero-order valence-corrected chi connectivity index (χ0v) is 19.1. The molecule has 0 atom stereocenters. The number of benzene rings is 2. The van der Waals surface area contributed by atoms with Crippen molar-refractivity contribution in [1.82, 2.24) is 4.90 Å². The molecule has 158 valence electrons. The van der Waals surface area contributed by atoms with E-state index in [1.165, 1.54) is 27.3 Å². The van der Waals surface area contributed by atoms with Crippen molar-refractivity contribution >= 4 is 22.2 Å². The number of fused-ring (bicyclic) bond motifs is 1. The minimum Gasteiger partial charge on any atom is -0.312 e. The first-order chi connectivity index (χ1) is 14.8. The summed E-state index contributed by atoms with van der Waals surface area (Å²) in [4.78, 5) is 16.4. The third kappa shape index (κ3) is 4.71. The van der Waals surface area contributed by atoms with Gasteiger partial charge in [0.05, 0.1) is 5.56 Å². The first kappa shape index (κ1) is 21.3. The van der Waals surface area contributed by atoms with E-state index >= 15 is 0 Å². The van der Waals surface area contributed by atoms with Gasteiger partial charge in [-0.1, -0.05) is 63.2 Å².